The van der Waals surface area contributed by atoms with Crippen molar-refractivity contribution in [2.45, 2.75) is 18.6 Å². The molecule has 0 N–H and O–H groups in total. The van der Waals surface area contributed by atoms with Crippen molar-refractivity contribution in [3.05, 3.63) is 35.9 Å². The largest absolute Gasteiger partial charge is 1.00 e. The van der Waals surface area contributed by atoms with E-state index in [9.17, 15) is 9.59 Å². The molecule has 0 spiro atoms. The van der Waals surface area contributed by atoms with E-state index in [1.54, 1.807) is 0 Å². The molecule has 92 valence electrons. The second-order valence-corrected chi connectivity index (χ2v) is 5.67. The maximum absolute atomic E-state index is 11.5. The average molecular weight is 272 g/mol. The number of hydrogen-bond donors (Lipinski definition) is 0. The third-order valence-corrected chi connectivity index (χ3v) is 4.32. The van der Waals surface area contributed by atoms with Crippen molar-refractivity contribution < 1.29 is 22.0 Å². The fourth-order valence-electron chi connectivity index (χ4n) is 1.78. The van der Waals surface area contributed by atoms with Gasteiger partial charge in [0.05, 0.1) is 0 Å². The highest BCUT2D eigenvalue weighted by molar-refractivity contribution is 7.94. The SMILES string of the molecule is C[S+](Cc1ccccc1)N1C(=O)CCC1=O.[Cl-]. The molecule has 2 rings (SSSR count). The lowest BCUT2D eigenvalue weighted by Crippen LogP contribution is -3.00. The highest BCUT2D eigenvalue weighted by Crippen LogP contribution is 2.19. The van der Waals surface area contributed by atoms with Crippen LogP contribution in [0.2, 0.25) is 0 Å². The summed E-state index contributed by atoms with van der Waals surface area (Å²) in [7, 11) is 0. The van der Waals surface area contributed by atoms with Crippen molar-refractivity contribution in [1.29, 1.82) is 0 Å². The van der Waals surface area contributed by atoms with Crippen LogP contribution in [0.4, 0.5) is 0 Å². The maximum Gasteiger partial charge on any atom is 0.273 e. The minimum Gasteiger partial charge on any atom is -1.00 e. The number of halogens is 1. The fourth-order valence-corrected chi connectivity index (χ4v) is 3.47. The van der Waals surface area contributed by atoms with E-state index in [2.05, 4.69) is 0 Å². The monoisotopic (exact) mass is 271 g/mol. The van der Waals surface area contributed by atoms with Gasteiger partial charge in [0, 0.05) is 18.4 Å². The van der Waals surface area contributed by atoms with Crippen molar-refractivity contribution >= 4 is 22.9 Å². The van der Waals surface area contributed by atoms with Crippen LogP contribution in [-0.4, -0.2) is 22.4 Å². The van der Waals surface area contributed by atoms with Crippen molar-refractivity contribution in [3.8, 4) is 0 Å². The molecule has 1 aromatic carbocycles. The second kappa shape index (κ2) is 6.07. The smallest absolute Gasteiger partial charge is 0.273 e. The first kappa shape index (κ1) is 14.1. The lowest BCUT2D eigenvalue weighted by atomic mass is 10.2. The van der Waals surface area contributed by atoms with Crippen molar-refractivity contribution in [2.24, 2.45) is 0 Å². The van der Waals surface area contributed by atoms with Crippen LogP contribution in [0, 0.1) is 0 Å². The molecule has 1 atom stereocenters. The van der Waals surface area contributed by atoms with Gasteiger partial charge in [-0.3, -0.25) is 9.59 Å². The summed E-state index contributed by atoms with van der Waals surface area (Å²) in [6.45, 7) is 0. The van der Waals surface area contributed by atoms with Crippen LogP contribution < -0.4 is 12.4 Å². The van der Waals surface area contributed by atoms with Gasteiger partial charge in [0.15, 0.2) is 5.75 Å². The van der Waals surface area contributed by atoms with Gasteiger partial charge in [-0.15, -0.1) is 0 Å². The van der Waals surface area contributed by atoms with Crippen LogP contribution in [0.25, 0.3) is 0 Å². The standard InChI is InChI=1S/C12H14NO2S.ClH/c1-16(9-10-5-3-2-4-6-10)13-11(14)7-8-12(13)15;/h2-6H,7-9H2,1H3;1H/q+1;/p-1. The van der Waals surface area contributed by atoms with E-state index in [1.165, 1.54) is 9.87 Å². The van der Waals surface area contributed by atoms with Gasteiger partial charge in [0.2, 0.25) is 0 Å². The number of amides is 2. The number of carbonyl (C=O) groups is 2. The highest BCUT2D eigenvalue weighted by Gasteiger charge is 2.40. The van der Waals surface area contributed by atoms with Crippen LogP contribution >= 0.6 is 0 Å². The first-order valence-electron chi connectivity index (χ1n) is 5.21. The highest BCUT2D eigenvalue weighted by atomic mass is 35.5. The predicted octanol–water partition coefficient (Wildman–Crippen LogP) is -1.50. The van der Waals surface area contributed by atoms with Crippen molar-refractivity contribution in [3.63, 3.8) is 0 Å². The molecule has 5 heteroatoms. The van der Waals surface area contributed by atoms with Crippen molar-refractivity contribution in [2.75, 3.05) is 6.26 Å². The molecule has 2 amide bonds. The summed E-state index contributed by atoms with van der Waals surface area (Å²) in [5.41, 5.74) is 1.17. The Hall–Kier alpha value is -1.00. The first-order chi connectivity index (χ1) is 7.68. The van der Waals surface area contributed by atoms with E-state index < -0.39 is 0 Å². The Bertz CT molecular complexity index is 394. The van der Waals surface area contributed by atoms with E-state index in [0.29, 0.717) is 12.8 Å². The third-order valence-electron chi connectivity index (χ3n) is 2.54. The molecular formula is C12H14ClNO2S. The Morgan fingerprint density at radius 2 is 1.65 bits per heavy atom. The maximum atomic E-state index is 11.5. The predicted molar refractivity (Wildman–Crippen MR) is 64.5 cm³/mol. The summed E-state index contributed by atoms with van der Waals surface area (Å²) in [5.74, 6) is 0.719. The van der Waals surface area contributed by atoms with E-state index in [1.807, 2.05) is 36.6 Å². The number of imide groups is 1. The van der Waals surface area contributed by atoms with Gasteiger partial charge in [0.1, 0.15) is 17.3 Å². The molecule has 0 aromatic heterocycles. The Labute approximate surface area is 110 Å². The van der Waals surface area contributed by atoms with E-state index in [-0.39, 0.29) is 35.3 Å². The molecule has 17 heavy (non-hydrogen) atoms. The van der Waals surface area contributed by atoms with E-state index in [4.69, 9.17) is 0 Å². The molecule has 0 bridgehead atoms. The molecule has 1 aromatic rings. The van der Waals surface area contributed by atoms with Crippen molar-refractivity contribution in [1.82, 2.24) is 4.31 Å². The Balaban J connectivity index is 0.00000144. The summed E-state index contributed by atoms with van der Waals surface area (Å²) >= 11 is -0.322. The minimum absolute atomic E-state index is 0. The number of rotatable bonds is 3. The van der Waals surface area contributed by atoms with E-state index >= 15 is 0 Å². The zero-order valence-electron chi connectivity index (χ0n) is 9.56. The van der Waals surface area contributed by atoms with Crippen LogP contribution in [0.3, 0.4) is 0 Å². The number of carbonyl (C=O) groups excluding carboxylic acids is 2. The summed E-state index contributed by atoms with van der Waals surface area (Å²) in [5, 5.41) is 0. The van der Waals surface area contributed by atoms with Gasteiger partial charge < -0.3 is 12.4 Å². The van der Waals surface area contributed by atoms with Gasteiger partial charge in [0.25, 0.3) is 11.8 Å². The Morgan fingerprint density at radius 1 is 1.12 bits per heavy atom. The summed E-state index contributed by atoms with van der Waals surface area (Å²) in [6.07, 6.45) is 2.71. The van der Waals surface area contributed by atoms with Gasteiger partial charge >= 0.3 is 0 Å². The van der Waals surface area contributed by atoms with E-state index in [0.717, 1.165) is 5.75 Å². The Kier molecular flexibility index (Phi) is 5.02. The molecule has 1 fully saturated rings. The lowest BCUT2D eigenvalue weighted by molar-refractivity contribution is -0.132. The molecule has 1 aliphatic rings. The molecule has 1 unspecified atom stereocenters. The summed E-state index contributed by atoms with van der Waals surface area (Å²) < 4.78 is 1.44. The number of benzene rings is 1. The van der Waals surface area contributed by atoms with Gasteiger partial charge in [-0.25, -0.2) is 0 Å². The molecule has 0 saturated carbocycles. The lowest BCUT2D eigenvalue weighted by Gasteiger charge is -2.11. The quantitative estimate of drug-likeness (QED) is 0.496. The zero-order chi connectivity index (χ0) is 11.5. The van der Waals surface area contributed by atoms with Crippen LogP contribution in [0.1, 0.15) is 18.4 Å². The van der Waals surface area contributed by atoms with Gasteiger partial charge in [-0.1, -0.05) is 34.6 Å². The minimum atomic E-state index is -0.322. The van der Waals surface area contributed by atoms with Crippen LogP contribution in [0.5, 0.6) is 0 Å². The van der Waals surface area contributed by atoms with Crippen LogP contribution in [0.15, 0.2) is 30.3 Å². The number of nitrogens with zero attached hydrogens (tertiary/aromatic N) is 1. The van der Waals surface area contributed by atoms with Gasteiger partial charge in [-0.05, 0) is 0 Å². The zero-order valence-corrected chi connectivity index (χ0v) is 11.1. The van der Waals surface area contributed by atoms with Gasteiger partial charge in [-0.2, -0.15) is 0 Å². The molecule has 1 saturated heterocycles. The average Bonchev–Trinajstić information content (AvgIpc) is 2.60. The molecule has 3 nitrogen and oxygen atoms in total. The summed E-state index contributed by atoms with van der Waals surface area (Å²) in [4.78, 5) is 23.1. The topological polar surface area (TPSA) is 37.4 Å². The molecule has 0 radical (unpaired) electrons. The first-order valence-corrected chi connectivity index (χ1v) is 6.97. The fraction of sp³-hybridized carbons (Fsp3) is 0.333. The normalized spacial score (nSPS) is 16.9. The third kappa shape index (κ3) is 3.23. The second-order valence-electron chi connectivity index (χ2n) is 3.81. The molecule has 1 heterocycles. The molecule has 0 aliphatic carbocycles. The van der Waals surface area contributed by atoms with Crippen LogP contribution in [-0.2, 0) is 26.4 Å². The summed E-state index contributed by atoms with van der Waals surface area (Å²) in [6, 6.07) is 9.95. The molecular weight excluding hydrogens is 258 g/mol. The number of hydrogen-bond acceptors (Lipinski definition) is 2. The molecule has 1 aliphatic heterocycles. The Morgan fingerprint density at radius 3 is 2.18 bits per heavy atom.